The van der Waals surface area contributed by atoms with Crippen LogP contribution in [0.3, 0.4) is 0 Å². The van der Waals surface area contributed by atoms with E-state index in [0.717, 1.165) is 5.56 Å². The van der Waals surface area contributed by atoms with Crippen LogP contribution in [0.5, 0.6) is 5.75 Å². The number of carbonyl (C=O) groups excluding carboxylic acids is 3. The third kappa shape index (κ3) is 6.82. The standard InChI is InChI=1S/C27H35N3O6S/c1-17-19(11-8-12-21(17)31)24(33)29-20(15-18-9-6-5-7-10-18)22(32)26(35)30-16-37-27(2,3)23(30)25(34)28-13-14-36-4/h5-12,20,22-23,31-32H,13-16H2,1-4H3,(H,28,34)(H,29,33). The molecule has 3 atom stereocenters. The number of aliphatic hydroxyl groups excluding tert-OH is 1. The van der Waals surface area contributed by atoms with E-state index in [-0.39, 0.29) is 29.5 Å². The molecule has 0 aliphatic carbocycles. The summed E-state index contributed by atoms with van der Waals surface area (Å²) in [6.07, 6.45) is -1.42. The number of methoxy groups -OCH3 is 1. The maximum atomic E-state index is 13.6. The molecule has 1 aliphatic rings. The van der Waals surface area contributed by atoms with Crippen molar-refractivity contribution < 1.29 is 29.3 Å². The number of phenols is 1. The number of aromatic hydroxyl groups is 1. The van der Waals surface area contributed by atoms with Crippen molar-refractivity contribution >= 4 is 29.5 Å². The van der Waals surface area contributed by atoms with Gasteiger partial charge in [-0.2, -0.15) is 0 Å². The van der Waals surface area contributed by atoms with Crippen LogP contribution < -0.4 is 10.6 Å². The van der Waals surface area contributed by atoms with Gasteiger partial charge in [0.15, 0.2) is 6.10 Å². The Morgan fingerprint density at radius 3 is 2.54 bits per heavy atom. The highest BCUT2D eigenvalue weighted by molar-refractivity contribution is 8.00. The first kappa shape index (κ1) is 28.5. The molecule has 3 rings (SSSR count). The lowest BCUT2D eigenvalue weighted by atomic mass is 9.96. The molecule has 1 saturated heterocycles. The maximum absolute atomic E-state index is 13.6. The molecular formula is C27H35N3O6S. The van der Waals surface area contributed by atoms with E-state index < -0.39 is 34.7 Å². The van der Waals surface area contributed by atoms with E-state index >= 15 is 0 Å². The molecule has 1 heterocycles. The van der Waals surface area contributed by atoms with Gasteiger partial charge < -0.3 is 30.5 Å². The molecule has 37 heavy (non-hydrogen) atoms. The summed E-state index contributed by atoms with van der Waals surface area (Å²) in [5.41, 5.74) is 1.45. The normalized spacial score (nSPS) is 18.2. The number of phenolic OH excluding ortho intramolecular Hbond substituents is 1. The predicted octanol–water partition coefficient (Wildman–Crippen LogP) is 1.85. The van der Waals surface area contributed by atoms with Gasteiger partial charge >= 0.3 is 0 Å². The lowest BCUT2D eigenvalue weighted by Gasteiger charge is -2.33. The van der Waals surface area contributed by atoms with Crippen molar-refractivity contribution in [3.63, 3.8) is 0 Å². The molecule has 4 N–H and O–H groups in total. The number of hydrogen-bond donors (Lipinski definition) is 4. The molecule has 3 unspecified atom stereocenters. The van der Waals surface area contributed by atoms with E-state index in [1.807, 2.05) is 44.2 Å². The minimum atomic E-state index is -1.61. The predicted molar refractivity (Wildman–Crippen MR) is 142 cm³/mol. The summed E-state index contributed by atoms with van der Waals surface area (Å²) in [6, 6.07) is 12.0. The fourth-order valence-corrected chi connectivity index (χ4v) is 5.49. The Labute approximate surface area is 221 Å². The van der Waals surface area contributed by atoms with Gasteiger partial charge in [-0.05, 0) is 44.9 Å². The van der Waals surface area contributed by atoms with E-state index in [1.54, 1.807) is 19.1 Å². The average molecular weight is 530 g/mol. The molecule has 3 amide bonds. The Bertz CT molecular complexity index is 1110. The summed E-state index contributed by atoms with van der Waals surface area (Å²) in [5, 5.41) is 26.9. The summed E-state index contributed by atoms with van der Waals surface area (Å²) in [6.45, 7) is 6.02. The Morgan fingerprint density at radius 1 is 1.16 bits per heavy atom. The van der Waals surface area contributed by atoms with Crippen LogP contribution in [0.4, 0.5) is 0 Å². The van der Waals surface area contributed by atoms with Crippen LogP contribution in [0.25, 0.3) is 0 Å². The number of aliphatic hydroxyl groups is 1. The second-order valence-corrected chi connectivity index (χ2v) is 11.1. The fourth-order valence-electron chi connectivity index (χ4n) is 4.35. The zero-order valence-electron chi connectivity index (χ0n) is 21.6. The first-order chi connectivity index (χ1) is 17.6. The van der Waals surface area contributed by atoms with Gasteiger partial charge in [0, 0.05) is 29.5 Å². The van der Waals surface area contributed by atoms with Crippen LogP contribution in [0.1, 0.15) is 35.3 Å². The van der Waals surface area contributed by atoms with E-state index in [0.29, 0.717) is 18.7 Å². The van der Waals surface area contributed by atoms with Crippen LogP contribution in [-0.4, -0.2) is 81.9 Å². The molecule has 0 saturated carbocycles. The zero-order valence-corrected chi connectivity index (χ0v) is 22.4. The van der Waals surface area contributed by atoms with E-state index in [4.69, 9.17) is 4.74 Å². The summed E-state index contributed by atoms with van der Waals surface area (Å²) in [5.74, 6) is -1.29. The summed E-state index contributed by atoms with van der Waals surface area (Å²) < 4.78 is 4.42. The summed E-state index contributed by atoms with van der Waals surface area (Å²) in [4.78, 5) is 41.2. The van der Waals surface area contributed by atoms with Crippen LogP contribution in [0.2, 0.25) is 0 Å². The Balaban J connectivity index is 1.86. The highest BCUT2D eigenvalue weighted by atomic mass is 32.2. The molecular weight excluding hydrogens is 494 g/mol. The van der Waals surface area contributed by atoms with Crippen molar-refractivity contribution in [1.82, 2.24) is 15.5 Å². The fraction of sp³-hybridized carbons (Fsp3) is 0.444. The van der Waals surface area contributed by atoms with Crippen molar-refractivity contribution in [1.29, 1.82) is 0 Å². The first-order valence-electron chi connectivity index (χ1n) is 12.1. The van der Waals surface area contributed by atoms with Crippen molar-refractivity contribution in [3.05, 3.63) is 65.2 Å². The van der Waals surface area contributed by atoms with Gasteiger partial charge in [0.05, 0.1) is 18.5 Å². The van der Waals surface area contributed by atoms with Gasteiger partial charge in [0.1, 0.15) is 11.8 Å². The minimum Gasteiger partial charge on any atom is -0.508 e. The monoisotopic (exact) mass is 529 g/mol. The van der Waals surface area contributed by atoms with Crippen LogP contribution in [0, 0.1) is 6.92 Å². The number of hydrogen-bond acceptors (Lipinski definition) is 7. The van der Waals surface area contributed by atoms with Gasteiger partial charge in [-0.1, -0.05) is 36.4 Å². The highest BCUT2D eigenvalue weighted by Crippen LogP contribution is 2.39. The van der Waals surface area contributed by atoms with Gasteiger partial charge in [0.25, 0.3) is 11.8 Å². The van der Waals surface area contributed by atoms with Gasteiger partial charge in [-0.3, -0.25) is 14.4 Å². The SMILES string of the molecule is COCCNC(=O)C1N(C(=O)C(O)C(Cc2ccccc2)NC(=O)c2cccc(O)c2C)CSC1(C)C. The molecule has 10 heteroatoms. The van der Waals surface area contributed by atoms with Crippen LogP contribution >= 0.6 is 11.8 Å². The Hall–Kier alpha value is -3.08. The third-order valence-electron chi connectivity index (χ3n) is 6.48. The number of rotatable bonds is 10. The first-order valence-corrected chi connectivity index (χ1v) is 13.1. The molecule has 9 nitrogen and oxygen atoms in total. The highest BCUT2D eigenvalue weighted by Gasteiger charge is 2.49. The minimum absolute atomic E-state index is 0.0254. The Kier molecular flexibility index (Phi) is 9.58. The van der Waals surface area contributed by atoms with Crippen LogP contribution in [-0.2, 0) is 20.7 Å². The number of amides is 3. The van der Waals surface area contributed by atoms with Gasteiger partial charge in [-0.15, -0.1) is 11.8 Å². The summed E-state index contributed by atoms with van der Waals surface area (Å²) in [7, 11) is 1.53. The van der Waals surface area contributed by atoms with E-state index in [2.05, 4.69) is 10.6 Å². The number of ether oxygens (including phenoxy) is 1. The molecule has 0 radical (unpaired) electrons. The van der Waals surface area contributed by atoms with Crippen molar-refractivity contribution in [3.8, 4) is 5.75 Å². The van der Waals surface area contributed by atoms with E-state index in [1.165, 1.54) is 29.8 Å². The van der Waals surface area contributed by atoms with Gasteiger partial charge in [-0.25, -0.2) is 0 Å². The number of benzene rings is 2. The molecule has 1 aliphatic heterocycles. The lowest BCUT2D eigenvalue weighted by molar-refractivity contribution is -0.147. The lowest BCUT2D eigenvalue weighted by Crippen LogP contribution is -2.59. The largest absolute Gasteiger partial charge is 0.508 e. The number of carbonyl (C=O) groups is 3. The second kappa shape index (κ2) is 12.4. The smallest absolute Gasteiger partial charge is 0.254 e. The quantitative estimate of drug-likeness (QED) is 0.346. The molecule has 200 valence electrons. The molecule has 2 aromatic rings. The maximum Gasteiger partial charge on any atom is 0.254 e. The van der Waals surface area contributed by atoms with Crippen LogP contribution in [0.15, 0.2) is 48.5 Å². The van der Waals surface area contributed by atoms with Crippen molar-refractivity contribution in [2.75, 3.05) is 26.1 Å². The average Bonchev–Trinajstić information content (AvgIpc) is 3.19. The number of nitrogens with zero attached hydrogens (tertiary/aromatic N) is 1. The summed E-state index contributed by atoms with van der Waals surface area (Å²) >= 11 is 1.45. The number of nitrogens with one attached hydrogen (secondary N) is 2. The molecule has 1 fully saturated rings. The van der Waals surface area contributed by atoms with E-state index in [9.17, 15) is 24.6 Å². The number of thioether (sulfide) groups is 1. The molecule has 0 spiro atoms. The topological polar surface area (TPSA) is 128 Å². The van der Waals surface area contributed by atoms with Crippen molar-refractivity contribution in [2.24, 2.45) is 0 Å². The second-order valence-electron chi connectivity index (χ2n) is 9.54. The zero-order chi connectivity index (χ0) is 27.2. The molecule has 2 aromatic carbocycles. The third-order valence-corrected chi connectivity index (χ3v) is 7.86. The van der Waals surface area contributed by atoms with Gasteiger partial charge in [0.2, 0.25) is 5.91 Å². The Morgan fingerprint density at radius 2 is 1.86 bits per heavy atom. The molecule has 0 bridgehead atoms. The molecule has 0 aromatic heterocycles. The van der Waals surface area contributed by atoms with Crippen molar-refractivity contribution in [2.45, 2.75) is 50.1 Å².